The molecule has 17 heavy (non-hydrogen) atoms. The standard InChI is InChI=1S/C13H12N2O2/c1-2-15-11-6-4-3-5-10(11)13-12(15)7-9(17-13)8-14-16/h3-8,16H,2H2,1H3/b14-8+. The summed E-state index contributed by atoms with van der Waals surface area (Å²) >= 11 is 0. The van der Waals surface area contributed by atoms with E-state index in [0.717, 1.165) is 28.5 Å². The molecule has 0 aliphatic rings. The second kappa shape index (κ2) is 3.66. The summed E-state index contributed by atoms with van der Waals surface area (Å²) in [5, 5.41) is 12.6. The van der Waals surface area contributed by atoms with Crippen molar-refractivity contribution < 1.29 is 9.62 Å². The van der Waals surface area contributed by atoms with E-state index in [1.807, 2.05) is 24.3 Å². The molecule has 0 saturated carbocycles. The molecular weight excluding hydrogens is 216 g/mol. The van der Waals surface area contributed by atoms with Crippen molar-refractivity contribution in [3.8, 4) is 0 Å². The van der Waals surface area contributed by atoms with Gasteiger partial charge in [0.15, 0.2) is 11.3 Å². The lowest BCUT2D eigenvalue weighted by Gasteiger charge is -2.00. The van der Waals surface area contributed by atoms with Crippen LogP contribution in [0.1, 0.15) is 12.7 Å². The van der Waals surface area contributed by atoms with Gasteiger partial charge in [-0.3, -0.25) is 0 Å². The summed E-state index contributed by atoms with van der Waals surface area (Å²) in [6, 6.07) is 10.0. The molecule has 0 spiro atoms. The van der Waals surface area contributed by atoms with E-state index in [0.29, 0.717) is 5.76 Å². The number of aryl methyl sites for hydroxylation is 1. The highest BCUT2D eigenvalue weighted by Gasteiger charge is 2.13. The number of aromatic nitrogens is 1. The minimum atomic E-state index is 0.561. The first kappa shape index (κ1) is 9.96. The van der Waals surface area contributed by atoms with E-state index >= 15 is 0 Å². The van der Waals surface area contributed by atoms with Crippen molar-refractivity contribution in [2.75, 3.05) is 0 Å². The van der Waals surface area contributed by atoms with Crippen LogP contribution in [0, 0.1) is 0 Å². The third kappa shape index (κ3) is 1.34. The van der Waals surface area contributed by atoms with E-state index in [9.17, 15) is 0 Å². The van der Waals surface area contributed by atoms with E-state index in [4.69, 9.17) is 9.62 Å². The number of fused-ring (bicyclic) bond motifs is 3. The van der Waals surface area contributed by atoms with Gasteiger partial charge in [0.05, 0.1) is 11.0 Å². The number of benzene rings is 1. The van der Waals surface area contributed by atoms with Crippen LogP contribution in [0.25, 0.3) is 22.0 Å². The van der Waals surface area contributed by atoms with Crippen LogP contribution in [0.2, 0.25) is 0 Å². The maximum atomic E-state index is 8.52. The molecule has 0 saturated heterocycles. The predicted octanol–water partition coefficient (Wildman–Crippen LogP) is 3.22. The maximum absolute atomic E-state index is 8.52. The Kier molecular flexibility index (Phi) is 2.14. The molecule has 0 fully saturated rings. The van der Waals surface area contributed by atoms with E-state index in [1.165, 1.54) is 6.21 Å². The van der Waals surface area contributed by atoms with Gasteiger partial charge in [-0.25, -0.2) is 0 Å². The molecule has 1 N–H and O–H groups in total. The van der Waals surface area contributed by atoms with Crippen molar-refractivity contribution in [2.24, 2.45) is 5.16 Å². The first-order valence-corrected chi connectivity index (χ1v) is 5.53. The minimum Gasteiger partial charge on any atom is -0.453 e. The average molecular weight is 228 g/mol. The van der Waals surface area contributed by atoms with Gasteiger partial charge in [0.1, 0.15) is 6.21 Å². The molecule has 1 aromatic carbocycles. The molecule has 0 aliphatic carbocycles. The fourth-order valence-electron chi connectivity index (χ4n) is 2.29. The first-order chi connectivity index (χ1) is 8.35. The quantitative estimate of drug-likeness (QED) is 0.416. The normalized spacial score (nSPS) is 12.1. The van der Waals surface area contributed by atoms with Crippen molar-refractivity contribution in [1.29, 1.82) is 0 Å². The van der Waals surface area contributed by atoms with E-state index < -0.39 is 0 Å². The van der Waals surface area contributed by atoms with Crippen LogP contribution in [0.15, 0.2) is 39.9 Å². The summed E-state index contributed by atoms with van der Waals surface area (Å²) in [5.74, 6) is 0.561. The van der Waals surface area contributed by atoms with Crippen molar-refractivity contribution in [3.63, 3.8) is 0 Å². The van der Waals surface area contributed by atoms with Crippen LogP contribution >= 0.6 is 0 Å². The zero-order valence-corrected chi connectivity index (χ0v) is 9.42. The molecule has 3 aromatic rings. The Balaban J connectivity index is 2.43. The summed E-state index contributed by atoms with van der Waals surface area (Å²) in [5.41, 5.74) is 3.04. The summed E-state index contributed by atoms with van der Waals surface area (Å²) in [4.78, 5) is 0. The topological polar surface area (TPSA) is 50.7 Å². The first-order valence-electron chi connectivity index (χ1n) is 5.53. The molecule has 4 nitrogen and oxygen atoms in total. The third-order valence-electron chi connectivity index (χ3n) is 2.96. The molecule has 3 rings (SSSR count). The van der Waals surface area contributed by atoms with Crippen LogP contribution in [0.3, 0.4) is 0 Å². The van der Waals surface area contributed by atoms with E-state index in [-0.39, 0.29) is 0 Å². The molecule has 0 atom stereocenters. The maximum Gasteiger partial charge on any atom is 0.160 e. The van der Waals surface area contributed by atoms with Gasteiger partial charge in [-0.1, -0.05) is 17.3 Å². The van der Waals surface area contributed by atoms with Crippen molar-refractivity contribution in [1.82, 2.24) is 4.57 Å². The lowest BCUT2D eigenvalue weighted by atomic mass is 10.2. The average Bonchev–Trinajstić information content (AvgIpc) is 2.86. The van der Waals surface area contributed by atoms with Crippen LogP contribution in [0.4, 0.5) is 0 Å². The van der Waals surface area contributed by atoms with Gasteiger partial charge in [0, 0.05) is 18.0 Å². The summed E-state index contributed by atoms with van der Waals surface area (Å²) in [7, 11) is 0. The van der Waals surface area contributed by atoms with Gasteiger partial charge in [0.2, 0.25) is 0 Å². The molecule has 2 aromatic heterocycles. The molecule has 2 heterocycles. The highest BCUT2D eigenvalue weighted by Crippen LogP contribution is 2.30. The Labute approximate surface area is 97.7 Å². The smallest absolute Gasteiger partial charge is 0.160 e. The SMILES string of the molecule is CCn1c2ccccc2c2oc(/C=N/O)cc21. The van der Waals surface area contributed by atoms with Gasteiger partial charge >= 0.3 is 0 Å². The zero-order chi connectivity index (χ0) is 11.8. The van der Waals surface area contributed by atoms with Crippen molar-refractivity contribution in [2.45, 2.75) is 13.5 Å². The summed E-state index contributed by atoms with van der Waals surface area (Å²) in [6.07, 6.45) is 1.30. The Bertz CT molecular complexity index is 707. The molecule has 4 heteroatoms. The van der Waals surface area contributed by atoms with Gasteiger partial charge in [-0.05, 0) is 19.1 Å². The second-order valence-corrected chi connectivity index (χ2v) is 3.87. The van der Waals surface area contributed by atoms with Crippen LogP contribution in [-0.4, -0.2) is 16.0 Å². The molecule has 0 unspecified atom stereocenters. The number of nitrogens with zero attached hydrogens (tertiary/aromatic N) is 2. The van der Waals surface area contributed by atoms with E-state index in [2.05, 4.69) is 22.7 Å². The fourth-order valence-corrected chi connectivity index (χ4v) is 2.29. The van der Waals surface area contributed by atoms with Gasteiger partial charge < -0.3 is 14.2 Å². The zero-order valence-electron chi connectivity index (χ0n) is 9.42. The second-order valence-electron chi connectivity index (χ2n) is 3.87. The van der Waals surface area contributed by atoms with Crippen molar-refractivity contribution in [3.05, 3.63) is 36.1 Å². The monoisotopic (exact) mass is 228 g/mol. The van der Waals surface area contributed by atoms with Crippen molar-refractivity contribution >= 4 is 28.2 Å². The highest BCUT2D eigenvalue weighted by molar-refractivity contribution is 6.06. The Morgan fingerprint density at radius 3 is 2.94 bits per heavy atom. The number of rotatable bonds is 2. The summed E-state index contributed by atoms with van der Waals surface area (Å²) < 4.78 is 7.86. The number of hydrogen-bond donors (Lipinski definition) is 1. The fraction of sp³-hybridized carbons (Fsp3) is 0.154. The number of hydrogen-bond acceptors (Lipinski definition) is 3. The summed E-state index contributed by atoms with van der Waals surface area (Å²) in [6.45, 7) is 2.97. The Morgan fingerprint density at radius 1 is 1.35 bits per heavy atom. The number of oxime groups is 1. The van der Waals surface area contributed by atoms with Crippen LogP contribution in [0.5, 0.6) is 0 Å². The molecule has 0 bridgehead atoms. The largest absolute Gasteiger partial charge is 0.453 e. The molecule has 86 valence electrons. The minimum absolute atomic E-state index is 0.561. The highest BCUT2D eigenvalue weighted by atomic mass is 16.4. The Morgan fingerprint density at radius 2 is 2.18 bits per heavy atom. The molecule has 0 radical (unpaired) electrons. The Hall–Kier alpha value is -2.23. The predicted molar refractivity (Wildman–Crippen MR) is 66.8 cm³/mol. The third-order valence-corrected chi connectivity index (χ3v) is 2.96. The lowest BCUT2D eigenvalue weighted by molar-refractivity contribution is 0.321. The number of para-hydroxylation sites is 1. The lowest BCUT2D eigenvalue weighted by Crippen LogP contribution is -1.91. The van der Waals surface area contributed by atoms with Gasteiger partial charge in [-0.2, -0.15) is 0 Å². The number of furan rings is 1. The van der Waals surface area contributed by atoms with Gasteiger partial charge in [-0.15, -0.1) is 0 Å². The van der Waals surface area contributed by atoms with Gasteiger partial charge in [0.25, 0.3) is 0 Å². The molecule has 0 amide bonds. The van der Waals surface area contributed by atoms with Crippen LogP contribution < -0.4 is 0 Å². The van der Waals surface area contributed by atoms with Crippen LogP contribution in [-0.2, 0) is 6.54 Å². The molecule has 0 aliphatic heterocycles. The molecular formula is C13H12N2O2. The van der Waals surface area contributed by atoms with E-state index in [1.54, 1.807) is 0 Å².